The Morgan fingerprint density at radius 2 is 2.24 bits per heavy atom. The molecule has 1 aromatic rings. The third kappa shape index (κ3) is 4.83. The molecule has 3 rings (SSSR count). The average molecular weight is 404 g/mol. The molecule has 1 N–H and O–H groups in total. The van der Waals surface area contributed by atoms with E-state index in [0.29, 0.717) is 24.2 Å². The summed E-state index contributed by atoms with van der Waals surface area (Å²) in [5, 5.41) is 11.2. The minimum Gasteiger partial charge on any atom is -0.442 e. The van der Waals surface area contributed by atoms with E-state index in [1.807, 2.05) is 6.07 Å². The third-order valence-corrected chi connectivity index (χ3v) is 4.95. The van der Waals surface area contributed by atoms with E-state index < -0.39 is 24.2 Å². The van der Waals surface area contributed by atoms with Crippen molar-refractivity contribution in [1.29, 1.82) is 5.26 Å². The number of anilines is 2. The number of nitriles is 1. The SMILES string of the molecule is CC(=O)NCC1CN(c2ccc(N3CC/C(=C/CC#N)C(F)C3)c(F)c2)C(=O)O1. The lowest BCUT2D eigenvalue weighted by atomic mass is 10.00. The molecule has 29 heavy (non-hydrogen) atoms. The van der Waals surface area contributed by atoms with Gasteiger partial charge in [0.25, 0.3) is 0 Å². The number of piperidine rings is 1. The maximum atomic E-state index is 14.7. The second kappa shape index (κ2) is 8.90. The molecule has 2 aliphatic heterocycles. The number of cyclic esters (lactones) is 1. The number of carbonyl (C=O) groups excluding carboxylic acids is 2. The first kappa shape index (κ1) is 20.6. The van der Waals surface area contributed by atoms with Crippen LogP contribution in [0, 0.1) is 17.1 Å². The van der Waals surface area contributed by atoms with Gasteiger partial charge >= 0.3 is 6.09 Å². The fraction of sp³-hybridized carbons (Fsp3) is 0.450. The van der Waals surface area contributed by atoms with Crippen LogP contribution in [-0.2, 0) is 9.53 Å². The lowest BCUT2D eigenvalue weighted by Crippen LogP contribution is -2.38. The van der Waals surface area contributed by atoms with E-state index in [9.17, 15) is 18.4 Å². The molecule has 2 fully saturated rings. The van der Waals surface area contributed by atoms with Crippen LogP contribution in [-0.4, -0.2) is 50.5 Å². The van der Waals surface area contributed by atoms with E-state index >= 15 is 0 Å². The smallest absolute Gasteiger partial charge is 0.414 e. The van der Waals surface area contributed by atoms with Crippen molar-refractivity contribution in [1.82, 2.24) is 5.32 Å². The Hall–Kier alpha value is -3.15. The summed E-state index contributed by atoms with van der Waals surface area (Å²) in [4.78, 5) is 26.0. The van der Waals surface area contributed by atoms with E-state index in [-0.39, 0.29) is 37.6 Å². The molecule has 0 radical (unpaired) electrons. The highest BCUT2D eigenvalue weighted by atomic mass is 19.1. The van der Waals surface area contributed by atoms with Crippen LogP contribution in [0.25, 0.3) is 0 Å². The zero-order valence-corrected chi connectivity index (χ0v) is 16.0. The molecule has 0 bridgehead atoms. The van der Waals surface area contributed by atoms with Crippen molar-refractivity contribution in [3.8, 4) is 6.07 Å². The molecule has 0 aliphatic carbocycles. The van der Waals surface area contributed by atoms with Gasteiger partial charge in [0.1, 0.15) is 18.1 Å². The number of carbonyl (C=O) groups is 2. The minimum absolute atomic E-state index is 0.0120. The Bertz CT molecular complexity index is 868. The first-order chi connectivity index (χ1) is 13.9. The van der Waals surface area contributed by atoms with Gasteiger partial charge in [0, 0.05) is 13.5 Å². The quantitative estimate of drug-likeness (QED) is 0.763. The minimum atomic E-state index is -1.25. The number of hydrogen-bond donors (Lipinski definition) is 1. The van der Waals surface area contributed by atoms with Crippen molar-refractivity contribution in [3.63, 3.8) is 0 Å². The number of allylic oxidation sites excluding steroid dienone is 1. The van der Waals surface area contributed by atoms with Crippen molar-refractivity contribution in [2.75, 3.05) is 36.0 Å². The summed E-state index contributed by atoms with van der Waals surface area (Å²) in [5.41, 5.74) is 1.17. The highest BCUT2D eigenvalue weighted by molar-refractivity contribution is 5.90. The number of hydrogen-bond acceptors (Lipinski definition) is 5. The summed E-state index contributed by atoms with van der Waals surface area (Å²) >= 11 is 0. The largest absolute Gasteiger partial charge is 0.442 e. The molecule has 2 atom stereocenters. The van der Waals surface area contributed by atoms with Gasteiger partial charge in [-0.2, -0.15) is 5.26 Å². The lowest BCUT2D eigenvalue weighted by Gasteiger charge is -2.33. The van der Waals surface area contributed by atoms with Gasteiger partial charge in [-0.25, -0.2) is 13.6 Å². The van der Waals surface area contributed by atoms with Crippen molar-refractivity contribution >= 4 is 23.4 Å². The fourth-order valence-corrected chi connectivity index (χ4v) is 3.46. The maximum Gasteiger partial charge on any atom is 0.414 e. The van der Waals surface area contributed by atoms with Crippen molar-refractivity contribution in [2.24, 2.45) is 0 Å². The predicted octanol–water partition coefficient (Wildman–Crippen LogP) is 2.68. The first-order valence-corrected chi connectivity index (χ1v) is 9.36. The molecule has 7 nitrogen and oxygen atoms in total. The molecule has 0 saturated carbocycles. The topological polar surface area (TPSA) is 85.7 Å². The van der Waals surface area contributed by atoms with Gasteiger partial charge in [0.05, 0.1) is 43.5 Å². The van der Waals surface area contributed by atoms with Crippen LogP contribution in [0.15, 0.2) is 29.8 Å². The number of ether oxygens (including phenoxy) is 1. The number of rotatable bonds is 5. The van der Waals surface area contributed by atoms with Gasteiger partial charge in [-0.1, -0.05) is 6.08 Å². The molecule has 0 aromatic heterocycles. The fourth-order valence-electron chi connectivity index (χ4n) is 3.46. The van der Waals surface area contributed by atoms with Crippen LogP contribution in [0.2, 0.25) is 0 Å². The van der Waals surface area contributed by atoms with E-state index in [2.05, 4.69) is 5.32 Å². The van der Waals surface area contributed by atoms with Crippen LogP contribution >= 0.6 is 0 Å². The number of halogens is 2. The summed E-state index contributed by atoms with van der Waals surface area (Å²) < 4.78 is 34.3. The number of alkyl halides is 1. The average Bonchev–Trinajstić information content (AvgIpc) is 3.06. The molecular formula is C20H22F2N4O3. The van der Waals surface area contributed by atoms with Crippen LogP contribution < -0.4 is 15.1 Å². The second-order valence-corrected chi connectivity index (χ2v) is 6.99. The molecule has 2 saturated heterocycles. The Labute approximate surface area is 167 Å². The molecular weight excluding hydrogens is 382 g/mol. The summed E-state index contributed by atoms with van der Waals surface area (Å²) in [6, 6.07) is 6.30. The summed E-state index contributed by atoms with van der Waals surface area (Å²) in [5.74, 6) is -0.787. The number of benzene rings is 1. The molecule has 1 aromatic carbocycles. The van der Waals surface area contributed by atoms with Crippen molar-refractivity contribution in [2.45, 2.75) is 32.0 Å². The van der Waals surface area contributed by atoms with Gasteiger partial charge in [0.15, 0.2) is 0 Å². The van der Waals surface area contributed by atoms with E-state index in [1.165, 1.54) is 24.0 Å². The molecule has 2 amide bonds. The Morgan fingerprint density at radius 1 is 1.45 bits per heavy atom. The maximum absolute atomic E-state index is 14.7. The molecule has 2 heterocycles. The number of nitrogens with zero attached hydrogens (tertiary/aromatic N) is 3. The van der Waals surface area contributed by atoms with Crippen molar-refractivity contribution < 1.29 is 23.1 Å². The zero-order valence-electron chi connectivity index (χ0n) is 16.0. The lowest BCUT2D eigenvalue weighted by molar-refractivity contribution is -0.119. The highest BCUT2D eigenvalue weighted by Gasteiger charge is 2.33. The Kier molecular flexibility index (Phi) is 6.32. The summed E-state index contributed by atoms with van der Waals surface area (Å²) in [6.07, 6.45) is -0.193. The normalized spacial score (nSPS) is 23.1. The van der Waals surface area contributed by atoms with Crippen molar-refractivity contribution in [3.05, 3.63) is 35.7 Å². The van der Waals surface area contributed by atoms with E-state index in [1.54, 1.807) is 17.0 Å². The summed E-state index contributed by atoms with van der Waals surface area (Å²) in [6.45, 7) is 2.21. The van der Waals surface area contributed by atoms with Crippen LogP contribution in [0.5, 0.6) is 0 Å². The monoisotopic (exact) mass is 404 g/mol. The summed E-state index contributed by atoms with van der Waals surface area (Å²) in [7, 11) is 0. The van der Waals surface area contributed by atoms with Crippen LogP contribution in [0.1, 0.15) is 19.8 Å². The molecule has 154 valence electrons. The zero-order chi connectivity index (χ0) is 21.0. The second-order valence-electron chi connectivity index (χ2n) is 6.99. The van der Waals surface area contributed by atoms with Gasteiger partial charge in [-0.05, 0) is 30.2 Å². The molecule has 2 aliphatic rings. The molecule has 9 heteroatoms. The van der Waals surface area contributed by atoms with E-state index in [4.69, 9.17) is 10.00 Å². The third-order valence-electron chi connectivity index (χ3n) is 4.95. The predicted molar refractivity (Wildman–Crippen MR) is 103 cm³/mol. The van der Waals surface area contributed by atoms with Gasteiger partial charge in [-0.3, -0.25) is 9.69 Å². The molecule has 0 spiro atoms. The molecule has 2 unspecified atom stereocenters. The van der Waals surface area contributed by atoms with Crippen LogP contribution in [0.4, 0.5) is 25.0 Å². The van der Waals surface area contributed by atoms with Gasteiger partial charge < -0.3 is 15.0 Å². The highest BCUT2D eigenvalue weighted by Crippen LogP contribution is 2.31. The number of amides is 2. The first-order valence-electron chi connectivity index (χ1n) is 9.36. The number of nitrogens with one attached hydrogen (secondary N) is 1. The van der Waals surface area contributed by atoms with Gasteiger partial charge in [-0.15, -0.1) is 0 Å². The van der Waals surface area contributed by atoms with Gasteiger partial charge in [0.2, 0.25) is 5.91 Å². The van der Waals surface area contributed by atoms with E-state index in [0.717, 1.165) is 0 Å². The van der Waals surface area contributed by atoms with Crippen LogP contribution in [0.3, 0.4) is 0 Å². The Morgan fingerprint density at radius 3 is 2.90 bits per heavy atom. The standard InChI is InChI=1S/C20H22F2N4O3/c1-13(27)24-10-16-11-26(20(28)29-16)15-4-5-19(17(21)9-15)25-8-6-14(3-2-7-23)18(22)12-25/h3-5,9,16,18H,2,6,8,10-12H2,1H3,(H,24,27)/b14-3-. The Balaban J connectivity index is 1.67.